The van der Waals surface area contributed by atoms with E-state index in [-0.39, 0.29) is 6.10 Å². The number of benzene rings is 1. The summed E-state index contributed by atoms with van der Waals surface area (Å²) in [5.74, 6) is 3.01. The molecular weight excluding hydrogens is 316 g/mol. The predicted molar refractivity (Wildman–Crippen MR) is 94.8 cm³/mol. The highest BCUT2D eigenvalue weighted by molar-refractivity contribution is 5.56. The molecule has 25 heavy (non-hydrogen) atoms. The first-order chi connectivity index (χ1) is 12.3. The molecule has 1 unspecified atom stereocenters. The fourth-order valence-electron chi connectivity index (χ4n) is 2.67. The molecule has 0 amide bonds. The van der Waals surface area contributed by atoms with Gasteiger partial charge in [-0.25, -0.2) is 9.97 Å². The topological polar surface area (TPSA) is 69.2 Å². The van der Waals surface area contributed by atoms with Crippen molar-refractivity contribution in [3.63, 3.8) is 0 Å². The Kier molecular flexibility index (Phi) is 4.16. The highest BCUT2D eigenvalue weighted by Crippen LogP contribution is 2.30. The molecule has 6 heteroatoms. The fourth-order valence-corrected chi connectivity index (χ4v) is 2.67. The minimum absolute atomic E-state index is 0.0745. The van der Waals surface area contributed by atoms with Gasteiger partial charge in [-0.2, -0.15) is 0 Å². The molecule has 6 nitrogen and oxygen atoms in total. The number of pyridine rings is 1. The fraction of sp³-hybridized carbons (Fsp3) is 0.211. The van der Waals surface area contributed by atoms with Crippen LogP contribution in [0.3, 0.4) is 0 Å². The number of hydrogen-bond donors (Lipinski definition) is 1. The van der Waals surface area contributed by atoms with Crippen molar-refractivity contribution in [1.82, 2.24) is 15.0 Å². The number of aryl methyl sites for hydroxylation is 1. The number of nitrogens with one attached hydrogen (secondary N) is 1. The Morgan fingerprint density at radius 2 is 1.88 bits per heavy atom. The second-order valence-corrected chi connectivity index (χ2v) is 5.83. The number of hydrogen-bond acceptors (Lipinski definition) is 6. The molecule has 3 aromatic rings. The van der Waals surface area contributed by atoms with Gasteiger partial charge in [-0.15, -0.1) is 0 Å². The lowest BCUT2D eigenvalue weighted by Crippen LogP contribution is -2.35. The van der Waals surface area contributed by atoms with Crippen LogP contribution in [0, 0.1) is 6.92 Å². The van der Waals surface area contributed by atoms with Gasteiger partial charge in [-0.1, -0.05) is 12.1 Å². The molecule has 126 valence electrons. The van der Waals surface area contributed by atoms with Crippen LogP contribution < -0.4 is 14.8 Å². The summed E-state index contributed by atoms with van der Waals surface area (Å²) in [5, 5.41) is 3.32. The summed E-state index contributed by atoms with van der Waals surface area (Å²) in [6, 6.07) is 13.4. The molecule has 1 aliphatic rings. The van der Waals surface area contributed by atoms with Crippen LogP contribution in [0.5, 0.6) is 11.5 Å². The van der Waals surface area contributed by atoms with Crippen molar-refractivity contribution in [1.29, 1.82) is 0 Å². The van der Waals surface area contributed by atoms with E-state index in [4.69, 9.17) is 9.47 Å². The molecular formula is C19H18N4O2. The third-order valence-corrected chi connectivity index (χ3v) is 3.87. The van der Waals surface area contributed by atoms with Crippen molar-refractivity contribution in [2.24, 2.45) is 0 Å². The molecule has 3 heterocycles. The molecule has 0 aliphatic carbocycles. The summed E-state index contributed by atoms with van der Waals surface area (Å²) in [6.07, 6.45) is 3.40. The Morgan fingerprint density at radius 3 is 2.72 bits per heavy atom. The van der Waals surface area contributed by atoms with Crippen LogP contribution in [0.1, 0.15) is 5.69 Å². The van der Waals surface area contributed by atoms with Gasteiger partial charge >= 0.3 is 0 Å². The van der Waals surface area contributed by atoms with E-state index in [1.54, 1.807) is 12.4 Å². The first-order valence-electron chi connectivity index (χ1n) is 8.16. The lowest BCUT2D eigenvalue weighted by molar-refractivity contribution is 0.0997. The summed E-state index contributed by atoms with van der Waals surface area (Å²) in [7, 11) is 0. The summed E-state index contributed by atoms with van der Waals surface area (Å²) >= 11 is 0. The van der Waals surface area contributed by atoms with Gasteiger partial charge in [0, 0.05) is 29.7 Å². The average molecular weight is 334 g/mol. The Morgan fingerprint density at radius 1 is 1.08 bits per heavy atom. The SMILES string of the molecule is Cc1cc(NCC2COc3ccccc3O2)nc(-c2ccncc2)n1. The zero-order valence-electron chi connectivity index (χ0n) is 13.8. The van der Waals surface area contributed by atoms with Crippen molar-refractivity contribution in [3.8, 4) is 22.9 Å². The third-order valence-electron chi connectivity index (χ3n) is 3.87. The molecule has 0 bridgehead atoms. The zero-order chi connectivity index (χ0) is 17.1. The second-order valence-electron chi connectivity index (χ2n) is 5.83. The van der Waals surface area contributed by atoms with Gasteiger partial charge in [-0.05, 0) is 31.2 Å². The summed E-state index contributed by atoms with van der Waals surface area (Å²) in [5.41, 5.74) is 1.84. The normalized spacial score (nSPS) is 15.6. The summed E-state index contributed by atoms with van der Waals surface area (Å²) < 4.78 is 11.7. The molecule has 4 rings (SSSR count). The summed E-state index contributed by atoms with van der Waals surface area (Å²) in [6.45, 7) is 3.06. The van der Waals surface area contributed by atoms with Crippen molar-refractivity contribution in [3.05, 3.63) is 60.6 Å². The Bertz CT molecular complexity index is 870. The number of para-hydroxylation sites is 2. The standard InChI is InChI=1S/C19H18N4O2/c1-13-10-18(23-19(22-13)14-6-8-20-9-7-14)21-11-15-12-24-16-4-2-3-5-17(16)25-15/h2-10,15H,11-12H2,1H3,(H,21,22,23). The van der Waals surface area contributed by atoms with Crippen molar-refractivity contribution in [2.45, 2.75) is 13.0 Å². The number of rotatable bonds is 4. The lowest BCUT2D eigenvalue weighted by Gasteiger charge is -2.26. The number of fused-ring (bicyclic) bond motifs is 1. The van der Waals surface area contributed by atoms with E-state index in [1.807, 2.05) is 49.4 Å². The van der Waals surface area contributed by atoms with Gasteiger partial charge in [-0.3, -0.25) is 4.98 Å². The quantitative estimate of drug-likeness (QED) is 0.791. The summed E-state index contributed by atoms with van der Waals surface area (Å²) in [4.78, 5) is 13.1. The van der Waals surface area contributed by atoms with Crippen LogP contribution in [0.15, 0.2) is 54.9 Å². The first-order valence-corrected chi connectivity index (χ1v) is 8.16. The van der Waals surface area contributed by atoms with E-state index >= 15 is 0 Å². The van der Waals surface area contributed by atoms with E-state index in [0.29, 0.717) is 19.0 Å². The maximum atomic E-state index is 5.96. The number of aromatic nitrogens is 3. The smallest absolute Gasteiger partial charge is 0.161 e. The second kappa shape index (κ2) is 6.76. The van der Waals surface area contributed by atoms with E-state index < -0.39 is 0 Å². The van der Waals surface area contributed by atoms with E-state index in [1.165, 1.54) is 0 Å². The Balaban J connectivity index is 1.46. The van der Waals surface area contributed by atoms with Crippen LogP contribution >= 0.6 is 0 Å². The monoisotopic (exact) mass is 334 g/mol. The molecule has 0 spiro atoms. The third kappa shape index (κ3) is 3.52. The van der Waals surface area contributed by atoms with Gasteiger partial charge in [0.1, 0.15) is 18.5 Å². The molecule has 1 aliphatic heterocycles. The van der Waals surface area contributed by atoms with Gasteiger partial charge in [0.2, 0.25) is 0 Å². The van der Waals surface area contributed by atoms with Crippen molar-refractivity contribution < 1.29 is 9.47 Å². The van der Waals surface area contributed by atoms with Gasteiger partial charge in [0.25, 0.3) is 0 Å². The maximum Gasteiger partial charge on any atom is 0.161 e. The number of anilines is 1. The maximum absolute atomic E-state index is 5.96. The van der Waals surface area contributed by atoms with E-state index in [2.05, 4.69) is 20.3 Å². The van der Waals surface area contributed by atoms with E-state index in [9.17, 15) is 0 Å². The van der Waals surface area contributed by atoms with Gasteiger partial charge in [0.15, 0.2) is 17.3 Å². The largest absolute Gasteiger partial charge is 0.486 e. The molecule has 1 atom stereocenters. The van der Waals surface area contributed by atoms with Crippen LogP contribution in [0.25, 0.3) is 11.4 Å². The van der Waals surface area contributed by atoms with Crippen molar-refractivity contribution in [2.75, 3.05) is 18.5 Å². The highest BCUT2D eigenvalue weighted by Gasteiger charge is 2.20. The molecule has 0 radical (unpaired) electrons. The molecule has 0 fully saturated rings. The lowest BCUT2D eigenvalue weighted by atomic mass is 10.2. The van der Waals surface area contributed by atoms with Crippen LogP contribution in [-0.4, -0.2) is 34.2 Å². The van der Waals surface area contributed by atoms with Crippen molar-refractivity contribution >= 4 is 5.82 Å². The molecule has 1 N–H and O–H groups in total. The minimum atomic E-state index is -0.0745. The molecule has 2 aromatic heterocycles. The van der Waals surface area contributed by atoms with Gasteiger partial charge < -0.3 is 14.8 Å². The molecule has 0 saturated carbocycles. The zero-order valence-corrected chi connectivity index (χ0v) is 13.8. The highest BCUT2D eigenvalue weighted by atomic mass is 16.6. The predicted octanol–water partition coefficient (Wildman–Crippen LogP) is 3.10. The first kappa shape index (κ1) is 15.4. The Labute approximate surface area is 145 Å². The molecule has 1 aromatic carbocycles. The number of nitrogens with zero attached hydrogens (tertiary/aromatic N) is 3. The van der Waals surface area contributed by atoms with Crippen LogP contribution in [0.4, 0.5) is 5.82 Å². The number of ether oxygens (including phenoxy) is 2. The Hall–Kier alpha value is -3.15. The van der Waals surface area contributed by atoms with Crippen LogP contribution in [-0.2, 0) is 0 Å². The van der Waals surface area contributed by atoms with Crippen LogP contribution in [0.2, 0.25) is 0 Å². The van der Waals surface area contributed by atoms with E-state index in [0.717, 1.165) is 28.6 Å². The van der Waals surface area contributed by atoms with Gasteiger partial charge in [0.05, 0.1) is 6.54 Å². The average Bonchev–Trinajstić information content (AvgIpc) is 2.66. The molecule has 0 saturated heterocycles. The minimum Gasteiger partial charge on any atom is -0.486 e.